The smallest absolute Gasteiger partial charge is 0.0866 e. The first-order valence-corrected chi connectivity index (χ1v) is 7.20. The van der Waals surface area contributed by atoms with Gasteiger partial charge in [-0.05, 0) is 6.42 Å². The summed E-state index contributed by atoms with van der Waals surface area (Å²) < 4.78 is 5.50. The van der Waals surface area contributed by atoms with Crippen LogP contribution in [0.3, 0.4) is 0 Å². The topological polar surface area (TPSA) is 32.8 Å². The molecule has 96 valence electrons. The molecule has 1 heterocycles. The number of alkyl halides is 1. The van der Waals surface area contributed by atoms with Gasteiger partial charge < -0.3 is 9.84 Å². The highest BCUT2D eigenvalue weighted by Gasteiger charge is 2.38. The van der Waals surface area contributed by atoms with Crippen molar-refractivity contribution in [3.05, 3.63) is 0 Å². The predicted octanol–water partition coefficient (Wildman–Crippen LogP) is 3.49. The Hall–Kier alpha value is 0.210. The quantitative estimate of drug-likeness (QED) is 0.365. The second-order valence-corrected chi connectivity index (χ2v) is 5.12. The van der Waals surface area contributed by atoms with Gasteiger partial charge in [-0.25, -0.2) is 0 Å². The normalized spacial score (nSPS) is 25.7. The van der Waals surface area contributed by atoms with Crippen LogP contribution in [0.25, 0.3) is 0 Å². The number of epoxide rings is 1. The van der Waals surface area contributed by atoms with Crippen molar-refractivity contribution in [3.8, 4) is 0 Å². The highest BCUT2D eigenvalue weighted by molar-refractivity contribution is 6.18. The van der Waals surface area contributed by atoms with Crippen LogP contribution in [0, 0.1) is 0 Å². The lowest BCUT2D eigenvalue weighted by molar-refractivity contribution is 0.173. The zero-order valence-electron chi connectivity index (χ0n) is 10.3. The van der Waals surface area contributed by atoms with Crippen molar-refractivity contribution >= 4 is 11.6 Å². The van der Waals surface area contributed by atoms with E-state index in [-0.39, 0.29) is 12.2 Å². The summed E-state index contributed by atoms with van der Waals surface area (Å²) in [5.41, 5.74) is 0. The molecule has 1 fully saturated rings. The lowest BCUT2D eigenvalue weighted by atomic mass is 10.1. The molecule has 0 unspecified atom stereocenters. The molecule has 3 atom stereocenters. The van der Waals surface area contributed by atoms with E-state index < -0.39 is 0 Å². The molecule has 1 rings (SSSR count). The maximum Gasteiger partial charge on any atom is 0.0866 e. The number of aliphatic hydroxyl groups is 1. The molecule has 3 heteroatoms. The summed E-state index contributed by atoms with van der Waals surface area (Å²) in [6.45, 7) is 2.24. The molecule has 0 saturated carbocycles. The summed E-state index contributed by atoms with van der Waals surface area (Å²) in [7, 11) is 0. The Labute approximate surface area is 104 Å². The van der Waals surface area contributed by atoms with Gasteiger partial charge in [-0.2, -0.15) is 0 Å². The van der Waals surface area contributed by atoms with E-state index >= 15 is 0 Å². The molecule has 1 N–H and O–H groups in total. The molecule has 0 spiro atoms. The van der Waals surface area contributed by atoms with Gasteiger partial charge in [-0.3, -0.25) is 0 Å². The molecule has 0 aromatic carbocycles. The first kappa shape index (κ1) is 14.3. The Morgan fingerprint density at radius 2 is 1.81 bits per heavy atom. The van der Waals surface area contributed by atoms with Crippen LogP contribution in [0.4, 0.5) is 0 Å². The Morgan fingerprint density at radius 3 is 2.50 bits per heavy atom. The van der Waals surface area contributed by atoms with Gasteiger partial charge in [-0.1, -0.05) is 45.4 Å². The van der Waals surface area contributed by atoms with Crippen molar-refractivity contribution in [3.63, 3.8) is 0 Å². The molecular formula is C13H25ClO2. The van der Waals surface area contributed by atoms with Crippen molar-refractivity contribution in [2.24, 2.45) is 0 Å². The predicted molar refractivity (Wildman–Crippen MR) is 68.0 cm³/mol. The summed E-state index contributed by atoms with van der Waals surface area (Å²) in [5, 5.41) is 9.34. The molecule has 1 aliphatic heterocycles. The van der Waals surface area contributed by atoms with Gasteiger partial charge in [0, 0.05) is 12.3 Å². The average molecular weight is 249 g/mol. The number of hydrogen-bond donors (Lipinski definition) is 1. The third-order valence-electron chi connectivity index (χ3n) is 3.21. The van der Waals surface area contributed by atoms with Crippen LogP contribution in [-0.2, 0) is 4.74 Å². The van der Waals surface area contributed by atoms with Crippen molar-refractivity contribution in [2.75, 3.05) is 5.88 Å². The zero-order chi connectivity index (χ0) is 11.8. The minimum absolute atomic E-state index is 0.282. The zero-order valence-corrected chi connectivity index (χ0v) is 11.1. The number of hydrogen-bond acceptors (Lipinski definition) is 2. The summed E-state index contributed by atoms with van der Waals surface area (Å²) in [4.78, 5) is 0. The number of ether oxygens (including phenoxy) is 1. The van der Waals surface area contributed by atoms with E-state index in [1.54, 1.807) is 0 Å². The average Bonchev–Trinajstić information content (AvgIpc) is 3.01. The number of halogens is 1. The van der Waals surface area contributed by atoms with Crippen LogP contribution >= 0.6 is 11.6 Å². The second-order valence-electron chi connectivity index (χ2n) is 4.81. The minimum Gasteiger partial charge on any atom is -0.392 e. The van der Waals surface area contributed by atoms with Crippen molar-refractivity contribution < 1.29 is 9.84 Å². The van der Waals surface area contributed by atoms with Gasteiger partial charge in [0.2, 0.25) is 0 Å². The molecule has 1 aliphatic rings. The largest absolute Gasteiger partial charge is 0.392 e. The number of aliphatic hydroxyl groups excluding tert-OH is 1. The standard InChI is InChI=1S/C13H25ClO2/c1-2-3-4-5-6-7-8-12-13(16-12)9-11(15)10-14/h11-13,15H,2-10H2,1H3/t11-,12-,13+/m1/s1. The SMILES string of the molecule is CCCCCCCC[C@H]1O[C@H]1C[C@@H](O)CCl. The van der Waals surface area contributed by atoms with Crippen LogP contribution in [0.15, 0.2) is 0 Å². The summed E-state index contributed by atoms with van der Waals surface area (Å²) >= 11 is 5.54. The maximum absolute atomic E-state index is 9.34. The molecular weight excluding hydrogens is 224 g/mol. The Balaban J connectivity index is 1.85. The Bertz CT molecular complexity index is 175. The molecule has 0 bridgehead atoms. The van der Waals surface area contributed by atoms with Crippen molar-refractivity contribution in [1.82, 2.24) is 0 Å². The van der Waals surface area contributed by atoms with Gasteiger partial charge in [0.15, 0.2) is 0 Å². The molecule has 1 saturated heterocycles. The Morgan fingerprint density at radius 1 is 1.12 bits per heavy atom. The number of rotatable bonds is 10. The third kappa shape index (κ3) is 6.07. The second kappa shape index (κ2) is 8.32. The molecule has 0 radical (unpaired) electrons. The molecule has 0 aromatic rings. The fourth-order valence-electron chi connectivity index (χ4n) is 2.10. The van der Waals surface area contributed by atoms with E-state index in [4.69, 9.17) is 16.3 Å². The van der Waals surface area contributed by atoms with Crippen LogP contribution in [0.1, 0.15) is 58.3 Å². The molecule has 0 aromatic heterocycles. The summed E-state index contributed by atoms with van der Waals surface area (Å²) in [6.07, 6.45) is 10.2. The fraction of sp³-hybridized carbons (Fsp3) is 1.00. The lowest BCUT2D eigenvalue weighted by Crippen LogP contribution is -2.12. The number of unbranched alkanes of at least 4 members (excludes halogenated alkanes) is 5. The first-order valence-electron chi connectivity index (χ1n) is 6.67. The highest BCUT2D eigenvalue weighted by atomic mass is 35.5. The van der Waals surface area contributed by atoms with Gasteiger partial charge in [-0.15, -0.1) is 11.6 Å². The van der Waals surface area contributed by atoms with Gasteiger partial charge >= 0.3 is 0 Å². The lowest BCUT2D eigenvalue weighted by Gasteiger charge is -2.02. The van der Waals surface area contributed by atoms with Crippen LogP contribution < -0.4 is 0 Å². The van der Waals surface area contributed by atoms with Gasteiger partial charge in [0.25, 0.3) is 0 Å². The van der Waals surface area contributed by atoms with E-state index in [0.29, 0.717) is 18.4 Å². The fourth-order valence-corrected chi connectivity index (χ4v) is 2.22. The Kier molecular flexibility index (Phi) is 7.42. The maximum atomic E-state index is 9.34. The van der Waals surface area contributed by atoms with E-state index in [0.717, 1.165) is 6.42 Å². The van der Waals surface area contributed by atoms with E-state index in [1.807, 2.05) is 0 Å². The van der Waals surface area contributed by atoms with E-state index in [2.05, 4.69) is 6.92 Å². The first-order chi connectivity index (χ1) is 7.77. The minimum atomic E-state index is -0.388. The third-order valence-corrected chi connectivity index (χ3v) is 3.57. The van der Waals surface area contributed by atoms with Crippen molar-refractivity contribution in [1.29, 1.82) is 0 Å². The molecule has 0 amide bonds. The van der Waals surface area contributed by atoms with Gasteiger partial charge in [0.05, 0.1) is 18.3 Å². The monoisotopic (exact) mass is 248 g/mol. The van der Waals surface area contributed by atoms with Crippen LogP contribution in [0.5, 0.6) is 0 Å². The van der Waals surface area contributed by atoms with Crippen molar-refractivity contribution in [2.45, 2.75) is 76.6 Å². The van der Waals surface area contributed by atoms with E-state index in [1.165, 1.54) is 38.5 Å². The summed E-state index contributed by atoms with van der Waals surface area (Å²) in [6, 6.07) is 0. The molecule has 2 nitrogen and oxygen atoms in total. The van der Waals surface area contributed by atoms with E-state index in [9.17, 15) is 5.11 Å². The molecule has 16 heavy (non-hydrogen) atoms. The molecule has 0 aliphatic carbocycles. The van der Waals surface area contributed by atoms with Crippen LogP contribution in [-0.4, -0.2) is 29.3 Å². The highest BCUT2D eigenvalue weighted by Crippen LogP contribution is 2.31. The van der Waals surface area contributed by atoms with Crippen LogP contribution in [0.2, 0.25) is 0 Å². The van der Waals surface area contributed by atoms with Gasteiger partial charge in [0.1, 0.15) is 0 Å². The summed E-state index contributed by atoms with van der Waals surface area (Å²) in [5.74, 6) is 0.323.